The van der Waals surface area contributed by atoms with Crippen molar-refractivity contribution >= 4 is 11.7 Å². The molecule has 3 N–H and O–H groups in total. The van der Waals surface area contributed by atoms with E-state index in [-0.39, 0.29) is 19.2 Å². The van der Waals surface area contributed by atoms with E-state index < -0.39 is 0 Å². The zero-order chi connectivity index (χ0) is 16.1. The minimum Gasteiger partial charge on any atom is -0.392 e. The molecule has 118 valence electrons. The fourth-order valence-corrected chi connectivity index (χ4v) is 2.29. The van der Waals surface area contributed by atoms with Crippen LogP contribution < -0.4 is 10.6 Å². The van der Waals surface area contributed by atoms with Gasteiger partial charge in [-0.05, 0) is 23.3 Å². The zero-order valence-electron chi connectivity index (χ0n) is 12.4. The number of benzene rings is 1. The standard InChI is InChI=1S/C16H17N5O2/c22-11-13-6-2-1-5-12(13)9-17-16(23)18-10-15-20-19-14-7-3-4-8-21(14)15/h1-8,22H,9-11H2,(H2,17,18,23). The lowest BCUT2D eigenvalue weighted by molar-refractivity contribution is 0.239. The molecule has 0 atom stereocenters. The number of urea groups is 1. The van der Waals surface area contributed by atoms with Gasteiger partial charge in [-0.25, -0.2) is 4.79 Å². The van der Waals surface area contributed by atoms with Gasteiger partial charge in [-0.2, -0.15) is 0 Å². The zero-order valence-corrected chi connectivity index (χ0v) is 12.4. The third kappa shape index (κ3) is 3.46. The number of amides is 2. The summed E-state index contributed by atoms with van der Waals surface area (Å²) in [5.74, 6) is 0.659. The molecule has 0 aliphatic heterocycles. The van der Waals surface area contributed by atoms with Crippen molar-refractivity contribution in [2.45, 2.75) is 19.7 Å². The molecule has 0 saturated carbocycles. The minimum absolute atomic E-state index is 0.0504. The average Bonchev–Trinajstić information content (AvgIpc) is 3.01. The molecule has 1 aromatic carbocycles. The molecule has 0 saturated heterocycles. The first-order valence-electron chi connectivity index (χ1n) is 7.26. The lowest BCUT2D eigenvalue weighted by Gasteiger charge is -2.09. The highest BCUT2D eigenvalue weighted by atomic mass is 16.3. The van der Waals surface area contributed by atoms with Gasteiger partial charge in [0.1, 0.15) is 0 Å². The molecule has 0 unspecified atom stereocenters. The van der Waals surface area contributed by atoms with Gasteiger partial charge in [0, 0.05) is 12.7 Å². The summed E-state index contributed by atoms with van der Waals surface area (Å²) in [6.07, 6.45) is 1.85. The number of pyridine rings is 1. The van der Waals surface area contributed by atoms with Crippen LogP contribution in [0.15, 0.2) is 48.7 Å². The van der Waals surface area contributed by atoms with Crippen molar-refractivity contribution in [1.82, 2.24) is 25.2 Å². The largest absolute Gasteiger partial charge is 0.392 e. The second-order valence-electron chi connectivity index (χ2n) is 5.01. The maximum absolute atomic E-state index is 11.9. The lowest BCUT2D eigenvalue weighted by Crippen LogP contribution is -2.35. The van der Waals surface area contributed by atoms with Crippen LogP contribution in [-0.4, -0.2) is 25.7 Å². The van der Waals surface area contributed by atoms with Crippen LogP contribution in [-0.2, 0) is 19.7 Å². The molecule has 7 nitrogen and oxygen atoms in total. The first-order chi connectivity index (χ1) is 11.3. The van der Waals surface area contributed by atoms with Crippen molar-refractivity contribution < 1.29 is 9.90 Å². The van der Waals surface area contributed by atoms with Gasteiger partial charge >= 0.3 is 6.03 Å². The molecule has 2 amide bonds. The monoisotopic (exact) mass is 311 g/mol. The van der Waals surface area contributed by atoms with Crippen LogP contribution in [0.3, 0.4) is 0 Å². The highest BCUT2D eigenvalue weighted by Gasteiger charge is 2.07. The number of aliphatic hydroxyl groups is 1. The summed E-state index contributed by atoms with van der Waals surface area (Å²) >= 11 is 0. The number of aliphatic hydroxyl groups excluding tert-OH is 1. The third-order valence-corrected chi connectivity index (χ3v) is 3.52. The minimum atomic E-state index is -0.301. The Hall–Kier alpha value is -2.93. The van der Waals surface area contributed by atoms with Crippen LogP contribution in [0.25, 0.3) is 5.65 Å². The van der Waals surface area contributed by atoms with Crippen molar-refractivity contribution in [3.8, 4) is 0 Å². The third-order valence-electron chi connectivity index (χ3n) is 3.52. The molecule has 0 bridgehead atoms. The Morgan fingerprint density at radius 1 is 1.00 bits per heavy atom. The molecule has 0 aliphatic carbocycles. The predicted octanol–water partition coefficient (Wildman–Crippen LogP) is 1.22. The van der Waals surface area contributed by atoms with E-state index in [9.17, 15) is 9.90 Å². The molecule has 2 aromatic heterocycles. The van der Waals surface area contributed by atoms with Gasteiger partial charge < -0.3 is 15.7 Å². The molecule has 0 fully saturated rings. The quantitative estimate of drug-likeness (QED) is 0.661. The van der Waals surface area contributed by atoms with Gasteiger partial charge in [0.15, 0.2) is 11.5 Å². The van der Waals surface area contributed by atoms with E-state index >= 15 is 0 Å². The lowest BCUT2D eigenvalue weighted by atomic mass is 10.1. The number of rotatable bonds is 5. The van der Waals surface area contributed by atoms with E-state index in [4.69, 9.17) is 0 Å². The first-order valence-corrected chi connectivity index (χ1v) is 7.26. The summed E-state index contributed by atoms with van der Waals surface area (Å²) in [6, 6.07) is 12.7. The summed E-state index contributed by atoms with van der Waals surface area (Å²) in [4.78, 5) is 11.9. The van der Waals surface area contributed by atoms with Crippen molar-refractivity contribution in [2.75, 3.05) is 0 Å². The van der Waals surface area contributed by atoms with Crippen molar-refractivity contribution in [3.05, 3.63) is 65.6 Å². The Labute approximate surface area is 133 Å². The highest BCUT2D eigenvalue weighted by molar-refractivity contribution is 5.73. The van der Waals surface area contributed by atoms with Gasteiger partial charge in [-0.3, -0.25) is 4.40 Å². The van der Waals surface area contributed by atoms with Crippen LogP contribution >= 0.6 is 0 Å². The molecule has 2 heterocycles. The molecule has 3 aromatic rings. The number of hydrogen-bond acceptors (Lipinski definition) is 4. The fraction of sp³-hybridized carbons (Fsp3) is 0.188. The Balaban J connectivity index is 1.56. The van der Waals surface area contributed by atoms with E-state index in [0.717, 1.165) is 16.8 Å². The molecule has 0 radical (unpaired) electrons. The number of nitrogens with zero attached hydrogens (tertiary/aromatic N) is 3. The Kier molecular flexibility index (Phi) is 4.49. The number of carbonyl (C=O) groups excluding carboxylic acids is 1. The highest BCUT2D eigenvalue weighted by Crippen LogP contribution is 2.08. The summed E-state index contributed by atoms with van der Waals surface area (Å²) < 4.78 is 1.82. The Bertz CT molecular complexity index is 815. The van der Waals surface area contributed by atoms with E-state index in [1.165, 1.54) is 0 Å². The average molecular weight is 311 g/mol. The smallest absolute Gasteiger partial charge is 0.315 e. The van der Waals surface area contributed by atoms with E-state index in [1.54, 1.807) is 0 Å². The van der Waals surface area contributed by atoms with Gasteiger partial charge in [-0.1, -0.05) is 30.3 Å². The Morgan fingerprint density at radius 3 is 2.57 bits per heavy atom. The van der Waals surface area contributed by atoms with Gasteiger partial charge in [0.25, 0.3) is 0 Å². The van der Waals surface area contributed by atoms with Crippen molar-refractivity contribution in [3.63, 3.8) is 0 Å². The van der Waals surface area contributed by atoms with Gasteiger partial charge in [0.05, 0.1) is 13.2 Å². The van der Waals surface area contributed by atoms with Crippen LogP contribution in [0, 0.1) is 0 Å². The normalized spacial score (nSPS) is 10.7. The molecule has 23 heavy (non-hydrogen) atoms. The maximum Gasteiger partial charge on any atom is 0.315 e. The molecule has 0 spiro atoms. The van der Waals surface area contributed by atoms with E-state index in [1.807, 2.05) is 53.1 Å². The maximum atomic E-state index is 11.9. The number of carbonyl (C=O) groups is 1. The second kappa shape index (κ2) is 6.89. The first kappa shape index (κ1) is 15.0. The van der Waals surface area contributed by atoms with E-state index in [0.29, 0.717) is 12.4 Å². The van der Waals surface area contributed by atoms with E-state index in [2.05, 4.69) is 20.8 Å². The molecular weight excluding hydrogens is 294 g/mol. The summed E-state index contributed by atoms with van der Waals surface area (Å²) in [5.41, 5.74) is 2.43. The van der Waals surface area contributed by atoms with Crippen LogP contribution in [0.2, 0.25) is 0 Å². The second-order valence-corrected chi connectivity index (χ2v) is 5.01. The molecule has 3 rings (SSSR count). The van der Waals surface area contributed by atoms with Gasteiger partial charge in [-0.15, -0.1) is 10.2 Å². The van der Waals surface area contributed by atoms with Crippen LogP contribution in [0.1, 0.15) is 17.0 Å². The van der Waals surface area contributed by atoms with Crippen molar-refractivity contribution in [2.24, 2.45) is 0 Å². The SMILES string of the molecule is O=C(NCc1ccccc1CO)NCc1nnc2ccccn12. The predicted molar refractivity (Wildman–Crippen MR) is 84.4 cm³/mol. The molecular formula is C16H17N5O2. The summed E-state index contributed by atoms with van der Waals surface area (Å²) in [5, 5.41) is 22.9. The summed E-state index contributed by atoms with van der Waals surface area (Å²) in [7, 11) is 0. The molecule has 7 heteroatoms. The topological polar surface area (TPSA) is 91.5 Å². The number of fused-ring (bicyclic) bond motifs is 1. The number of hydrogen-bond donors (Lipinski definition) is 3. The van der Waals surface area contributed by atoms with Crippen LogP contribution in [0.5, 0.6) is 0 Å². The van der Waals surface area contributed by atoms with Gasteiger partial charge in [0.2, 0.25) is 0 Å². The Morgan fingerprint density at radius 2 is 1.74 bits per heavy atom. The summed E-state index contributed by atoms with van der Waals surface area (Å²) in [6.45, 7) is 0.576. The van der Waals surface area contributed by atoms with Crippen LogP contribution in [0.4, 0.5) is 4.79 Å². The molecule has 0 aliphatic rings. The number of aromatic nitrogens is 3. The van der Waals surface area contributed by atoms with Crippen molar-refractivity contribution in [1.29, 1.82) is 0 Å². The fourth-order valence-electron chi connectivity index (χ4n) is 2.29. The number of nitrogens with one attached hydrogen (secondary N) is 2.